The molecule has 2 aromatic heterocycles. The van der Waals surface area contributed by atoms with Gasteiger partial charge in [0.05, 0.1) is 18.6 Å². The zero-order valence-corrected chi connectivity index (χ0v) is 13.8. The van der Waals surface area contributed by atoms with Gasteiger partial charge in [0.15, 0.2) is 5.13 Å². The largest absolute Gasteiger partial charge is 0.463 e. The lowest BCUT2D eigenvalue weighted by molar-refractivity contribution is -0.137. The Balaban J connectivity index is 2.05. The molecule has 122 valence electrons. The number of anilines is 1. The van der Waals surface area contributed by atoms with Crippen molar-refractivity contribution in [1.29, 1.82) is 0 Å². The molecule has 0 aromatic carbocycles. The van der Waals surface area contributed by atoms with Crippen molar-refractivity contribution in [1.82, 2.24) is 14.5 Å². The lowest BCUT2D eigenvalue weighted by Crippen LogP contribution is -2.31. The number of ether oxygens (including phenoxy) is 1. The minimum absolute atomic E-state index is 0.271. The number of esters is 1. The van der Waals surface area contributed by atoms with E-state index in [1.807, 2.05) is 17.8 Å². The van der Waals surface area contributed by atoms with Gasteiger partial charge in [0.2, 0.25) is 0 Å². The van der Waals surface area contributed by atoms with Crippen molar-refractivity contribution < 1.29 is 14.3 Å². The van der Waals surface area contributed by atoms with E-state index < -0.39 is 5.97 Å². The van der Waals surface area contributed by atoms with Crippen LogP contribution in [0.15, 0.2) is 36.3 Å². The van der Waals surface area contributed by atoms with Gasteiger partial charge in [-0.1, -0.05) is 0 Å². The third-order valence-corrected chi connectivity index (χ3v) is 3.71. The fraction of sp³-hybridized carbons (Fsp3) is 0.333. The summed E-state index contributed by atoms with van der Waals surface area (Å²) in [7, 11) is 1.89. The van der Waals surface area contributed by atoms with Gasteiger partial charge in [0, 0.05) is 49.9 Å². The number of amides is 1. The number of imidazole rings is 1. The average molecular weight is 334 g/mol. The Morgan fingerprint density at radius 2 is 2.22 bits per heavy atom. The minimum atomic E-state index is -0.537. The first-order valence-corrected chi connectivity index (χ1v) is 8.00. The molecule has 23 heavy (non-hydrogen) atoms. The molecular weight excluding hydrogens is 316 g/mol. The molecule has 0 saturated heterocycles. The van der Waals surface area contributed by atoms with Crippen LogP contribution in [0.4, 0.5) is 5.13 Å². The van der Waals surface area contributed by atoms with Crippen LogP contribution in [0.3, 0.4) is 0 Å². The molecule has 0 atom stereocenters. The third-order valence-electron chi connectivity index (χ3n) is 2.91. The number of aryl methyl sites for hydroxylation is 1. The predicted octanol–water partition coefficient (Wildman–Crippen LogP) is 1.57. The zero-order chi connectivity index (χ0) is 16.7. The second-order valence-corrected chi connectivity index (χ2v) is 5.54. The Morgan fingerprint density at radius 3 is 2.83 bits per heavy atom. The quantitative estimate of drug-likeness (QED) is 0.567. The summed E-state index contributed by atoms with van der Waals surface area (Å²) in [6.45, 7) is 2.41. The second kappa shape index (κ2) is 8.23. The summed E-state index contributed by atoms with van der Waals surface area (Å²) in [6, 6.07) is 0. The van der Waals surface area contributed by atoms with Crippen LogP contribution in [0.2, 0.25) is 0 Å². The van der Waals surface area contributed by atoms with E-state index in [0.29, 0.717) is 18.1 Å². The van der Waals surface area contributed by atoms with Gasteiger partial charge in [-0.2, -0.15) is 0 Å². The number of carbonyl (C=O) groups is 2. The number of thiazole rings is 1. The Kier molecular flexibility index (Phi) is 6.04. The minimum Gasteiger partial charge on any atom is -0.463 e. The maximum atomic E-state index is 12.3. The molecule has 1 amide bonds. The number of hydrogen-bond acceptors (Lipinski definition) is 6. The summed E-state index contributed by atoms with van der Waals surface area (Å²) in [4.78, 5) is 33.6. The molecule has 0 aliphatic rings. The van der Waals surface area contributed by atoms with Crippen molar-refractivity contribution in [3.63, 3.8) is 0 Å². The normalized spacial score (nSPS) is 10.9. The summed E-state index contributed by atoms with van der Waals surface area (Å²) in [5.41, 5.74) is 0.885. The smallest absolute Gasteiger partial charge is 0.330 e. The molecule has 8 heteroatoms. The Morgan fingerprint density at radius 1 is 1.39 bits per heavy atom. The van der Waals surface area contributed by atoms with E-state index in [9.17, 15) is 9.59 Å². The van der Waals surface area contributed by atoms with E-state index >= 15 is 0 Å². The second-order valence-electron chi connectivity index (χ2n) is 4.67. The lowest BCUT2D eigenvalue weighted by atomic mass is 10.3. The van der Waals surface area contributed by atoms with Gasteiger partial charge in [-0.05, 0) is 6.92 Å². The van der Waals surface area contributed by atoms with Crippen LogP contribution in [-0.2, 0) is 27.8 Å². The van der Waals surface area contributed by atoms with E-state index in [-0.39, 0.29) is 12.5 Å². The highest BCUT2D eigenvalue weighted by molar-refractivity contribution is 7.13. The van der Waals surface area contributed by atoms with Crippen molar-refractivity contribution in [2.24, 2.45) is 7.05 Å². The highest BCUT2D eigenvalue weighted by Gasteiger charge is 2.16. The number of nitrogens with zero attached hydrogens (tertiary/aromatic N) is 4. The summed E-state index contributed by atoms with van der Waals surface area (Å²) in [6.07, 6.45) is 8.19. The maximum Gasteiger partial charge on any atom is 0.330 e. The molecule has 0 saturated carbocycles. The van der Waals surface area contributed by atoms with E-state index in [1.54, 1.807) is 24.8 Å². The van der Waals surface area contributed by atoms with Gasteiger partial charge >= 0.3 is 5.97 Å². The molecule has 0 aliphatic heterocycles. The summed E-state index contributed by atoms with van der Waals surface area (Å²) in [5.74, 6) is -0.853. The van der Waals surface area contributed by atoms with Crippen molar-refractivity contribution in [3.05, 3.63) is 41.9 Å². The molecule has 0 radical (unpaired) electrons. The van der Waals surface area contributed by atoms with Crippen LogP contribution in [-0.4, -0.2) is 39.6 Å². The average Bonchev–Trinajstić information content (AvgIpc) is 3.18. The topological polar surface area (TPSA) is 77.3 Å². The molecule has 2 heterocycles. The molecule has 0 aliphatic carbocycles. The lowest BCUT2D eigenvalue weighted by Gasteiger charge is -2.17. The zero-order valence-electron chi connectivity index (χ0n) is 13.0. The van der Waals surface area contributed by atoms with Gasteiger partial charge in [-0.3, -0.25) is 9.69 Å². The van der Waals surface area contributed by atoms with Crippen molar-refractivity contribution >= 4 is 28.3 Å². The number of aromatic nitrogens is 3. The Hall–Kier alpha value is -2.48. The van der Waals surface area contributed by atoms with Crippen LogP contribution in [0.1, 0.15) is 12.6 Å². The van der Waals surface area contributed by atoms with Gasteiger partial charge in [-0.15, -0.1) is 11.3 Å². The van der Waals surface area contributed by atoms with Gasteiger partial charge in [-0.25, -0.2) is 14.8 Å². The van der Waals surface area contributed by atoms with E-state index in [2.05, 4.69) is 9.97 Å². The fourth-order valence-corrected chi connectivity index (χ4v) is 2.57. The summed E-state index contributed by atoms with van der Waals surface area (Å²) >= 11 is 1.36. The summed E-state index contributed by atoms with van der Waals surface area (Å²) < 4.78 is 6.63. The molecule has 7 nitrogen and oxygen atoms in total. The first kappa shape index (κ1) is 16.9. The van der Waals surface area contributed by atoms with Crippen molar-refractivity contribution in [2.75, 3.05) is 18.1 Å². The molecule has 2 rings (SSSR count). The van der Waals surface area contributed by atoms with Crippen LogP contribution >= 0.6 is 11.3 Å². The molecular formula is C15H18N4O3S. The maximum absolute atomic E-state index is 12.3. The van der Waals surface area contributed by atoms with Gasteiger partial charge in [0.1, 0.15) is 0 Å². The first-order chi connectivity index (χ1) is 11.1. The molecule has 0 N–H and O–H groups in total. The molecule has 2 aromatic rings. The van der Waals surface area contributed by atoms with Gasteiger partial charge < -0.3 is 9.30 Å². The number of carbonyl (C=O) groups excluding carboxylic acids is 2. The van der Waals surface area contributed by atoms with Crippen LogP contribution in [0, 0.1) is 0 Å². The van der Waals surface area contributed by atoms with Crippen molar-refractivity contribution in [2.45, 2.75) is 13.3 Å². The van der Waals surface area contributed by atoms with E-state index in [0.717, 1.165) is 11.8 Å². The van der Waals surface area contributed by atoms with Crippen molar-refractivity contribution in [3.8, 4) is 0 Å². The number of rotatable bonds is 7. The highest BCUT2D eigenvalue weighted by Crippen LogP contribution is 2.18. The van der Waals surface area contributed by atoms with Crippen LogP contribution in [0.5, 0.6) is 0 Å². The number of hydrogen-bond donors (Lipinski definition) is 0. The van der Waals surface area contributed by atoms with Gasteiger partial charge in [0.25, 0.3) is 5.91 Å². The van der Waals surface area contributed by atoms with Crippen LogP contribution in [0.25, 0.3) is 0 Å². The SMILES string of the molecule is CCOC(=O)/C=C/C(=O)N(CCc1cn(C)cn1)c1nccs1. The Bertz CT molecular complexity index is 679. The third kappa shape index (κ3) is 5.03. The standard InChI is InChI=1S/C15H18N4O3S/c1-3-22-14(21)5-4-13(20)19(15-16-7-9-23-15)8-6-12-10-18(2)11-17-12/h4-5,7,9-11H,3,6,8H2,1-2H3/b5-4+. The monoisotopic (exact) mass is 334 g/mol. The van der Waals surface area contributed by atoms with E-state index in [1.165, 1.54) is 22.3 Å². The summed E-state index contributed by atoms with van der Waals surface area (Å²) in [5, 5.41) is 2.38. The molecule has 0 bridgehead atoms. The van der Waals surface area contributed by atoms with E-state index in [4.69, 9.17) is 4.74 Å². The molecule has 0 unspecified atom stereocenters. The fourth-order valence-electron chi connectivity index (χ4n) is 1.89. The highest BCUT2D eigenvalue weighted by atomic mass is 32.1. The predicted molar refractivity (Wildman–Crippen MR) is 87.2 cm³/mol. The first-order valence-electron chi connectivity index (χ1n) is 7.12. The Labute approximate surface area is 138 Å². The van der Waals surface area contributed by atoms with Crippen LogP contribution < -0.4 is 4.90 Å². The molecule has 0 fully saturated rings. The molecule has 0 spiro atoms.